The maximum absolute atomic E-state index is 13.1. The minimum absolute atomic E-state index is 0.231. The molecule has 0 radical (unpaired) electrons. The van der Waals surface area contributed by atoms with Crippen LogP contribution in [0.2, 0.25) is 0 Å². The van der Waals surface area contributed by atoms with Gasteiger partial charge in [0.2, 0.25) is 0 Å². The van der Waals surface area contributed by atoms with Gasteiger partial charge in [-0.15, -0.1) is 0 Å². The summed E-state index contributed by atoms with van der Waals surface area (Å²) in [4.78, 5) is 24.6. The van der Waals surface area contributed by atoms with Crippen molar-refractivity contribution in [3.05, 3.63) is 120 Å². The van der Waals surface area contributed by atoms with E-state index in [1.165, 1.54) is 7.11 Å². The zero-order valence-corrected chi connectivity index (χ0v) is 20.1. The zero-order chi connectivity index (χ0) is 25.0. The molecule has 5 heteroatoms. The molecule has 0 aliphatic carbocycles. The summed E-state index contributed by atoms with van der Waals surface area (Å²) in [7, 11) is 1.24. The third-order valence-electron chi connectivity index (χ3n) is 5.14. The molecular formula is C28H33NO4. The summed E-state index contributed by atoms with van der Waals surface area (Å²) in [5.41, 5.74) is 2.86. The van der Waals surface area contributed by atoms with Crippen LogP contribution in [0.15, 0.2) is 120 Å². The van der Waals surface area contributed by atoms with Crippen molar-refractivity contribution in [2.75, 3.05) is 7.11 Å². The molecule has 0 bridgehead atoms. The molecule has 0 aromatic heterocycles. The Kier molecular flexibility index (Phi) is 10.6. The Morgan fingerprint density at radius 1 is 1.00 bits per heavy atom. The molecule has 1 saturated heterocycles. The summed E-state index contributed by atoms with van der Waals surface area (Å²) in [6.07, 6.45) is 18.5. The first-order valence-electron chi connectivity index (χ1n) is 10.5. The number of carbonyl (C=O) groups excluding carboxylic acids is 2. The molecule has 0 spiro atoms. The number of hydrogen-bond acceptors (Lipinski definition) is 4. The zero-order valence-electron chi connectivity index (χ0n) is 20.1. The van der Waals surface area contributed by atoms with E-state index in [2.05, 4.69) is 29.8 Å². The first-order valence-corrected chi connectivity index (χ1v) is 10.5. The van der Waals surface area contributed by atoms with E-state index in [1.54, 1.807) is 49.5 Å². The summed E-state index contributed by atoms with van der Waals surface area (Å²) in [5, 5.41) is 3.16. The summed E-state index contributed by atoms with van der Waals surface area (Å²) < 4.78 is 9.73. The molecule has 1 fully saturated rings. The predicted molar refractivity (Wildman–Crippen MR) is 135 cm³/mol. The molecule has 33 heavy (non-hydrogen) atoms. The Labute approximate surface area is 197 Å². The minimum Gasteiger partial charge on any atom is -0.437 e. The summed E-state index contributed by atoms with van der Waals surface area (Å²) in [6, 6.07) is 0. The molecule has 1 heterocycles. The number of rotatable bonds is 9. The van der Waals surface area contributed by atoms with Crippen LogP contribution in [0.1, 0.15) is 27.7 Å². The maximum atomic E-state index is 13.1. The molecule has 1 aliphatic rings. The third-order valence-corrected chi connectivity index (χ3v) is 5.14. The number of carbonyl (C=O) groups is 2. The average molecular weight is 448 g/mol. The van der Waals surface area contributed by atoms with Crippen LogP contribution in [0.4, 0.5) is 4.79 Å². The fourth-order valence-electron chi connectivity index (χ4n) is 3.40. The molecule has 0 aromatic rings. The van der Waals surface area contributed by atoms with Crippen molar-refractivity contribution >= 4 is 12.1 Å². The van der Waals surface area contributed by atoms with Gasteiger partial charge in [0.1, 0.15) is 11.3 Å². The SMILES string of the molecule is C=C/C=C1/C(=O)NC(/C(C)=C/C=C(/C)C=C)(C(/C=C\C(=C/C)OC(=O)OC)=C/C)/C1=C/C=C. The fourth-order valence-corrected chi connectivity index (χ4v) is 3.40. The molecule has 1 unspecified atom stereocenters. The van der Waals surface area contributed by atoms with Gasteiger partial charge in [0.15, 0.2) is 0 Å². The molecule has 1 atom stereocenters. The van der Waals surface area contributed by atoms with Gasteiger partial charge in [0.05, 0.1) is 7.11 Å². The van der Waals surface area contributed by atoms with Crippen molar-refractivity contribution in [3.63, 3.8) is 0 Å². The molecule has 1 amide bonds. The minimum atomic E-state index is -0.979. The number of ether oxygens (including phenoxy) is 2. The van der Waals surface area contributed by atoms with Gasteiger partial charge in [-0.05, 0) is 62.6 Å². The molecule has 1 rings (SSSR count). The van der Waals surface area contributed by atoms with Crippen molar-refractivity contribution < 1.29 is 19.1 Å². The highest BCUT2D eigenvalue weighted by Gasteiger charge is 2.48. The lowest BCUT2D eigenvalue weighted by Gasteiger charge is -2.33. The topological polar surface area (TPSA) is 64.6 Å². The normalized spacial score (nSPS) is 22.5. The first-order chi connectivity index (χ1) is 15.7. The lowest BCUT2D eigenvalue weighted by atomic mass is 9.75. The molecule has 5 nitrogen and oxygen atoms in total. The largest absolute Gasteiger partial charge is 0.513 e. The quantitative estimate of drug-likeness (QED) is 0.194. The molecule has 174 valence electrons. The highest BCUT2D eigenvalue weighted by Crippen LogP contribution is 2.43. The lowest BCUT2D eigenvalue weighted by molar-refractivity contribution is -0.116. The van der Waals surface area contributed by atoms with E-state index >= 15 is 0 Å². The average Bonchev–Trinajstić information content (AvgIpc) is 3.09. The van der Waals surface area contributed by atoms with Crippen LogP contribution in [-0.2, 0) is 14.3 Å². The van der Waals surface area contributed by atoms with Crippen molar-refractivity contribution in [2.24, 2.45) is 0 Å². The van der Waals surface area contributed by atoms with Crippen LogP contribution in [0, 0.1) is 0 Å². The van der Waals surface area contributed by atoms with E-state index in [1.807, 2.05) is 45.1 Å². The maximum Gasteiger partial charge on any atom is 0.513 e. The van der Waals surface area contributed by atoms with Crippen molar-refractivity contribution in [1.29, 1.82) is 0 Å². The molecule has 1 N–H and O–H groups in total. The van der Waals surface area contributed by atoms with Crippen LogP contribution >= 0.6 is 0 Å². The highest BCUT2D eigenvalue weighted by atomic mass is 16.7. The Hall–Kier alpha value is -3.86. The Balaban J connectivity index is 3.82. The van der Waals surface area contributed by atoms with Gasteiger partial charge >= 0.3 is 6.16 Å². The van der Waals surface area contributed by atoms with Gasteiger partial charge in [-0.25, -0.2) is 4.79 Å². The Morgan fingerprint density at radius 2 is 1.67 bits per heavy atom. The molecular weight excluding hydrogens is 414 g/mol. The van der Waals surface area contributed by atoms with Crippen LogP contribution in [0.25, 0.3) is 0 Å². The second-order valence-corrected chi connectivity index (χ2v) is 7.13. The van der Waals surface area contributed by atoms with E-state index < -0.39 is 11.7 Å². The number of methoxy groups -OCH3 is 1. The monoisotopic (exact) mass is 447 g/mol. The number of allylic oxidation sites excluding steroid dienone is 11. The van der Waals surface area contributed by atoms with E-state index in [0.717, 1.165) is 22.3 Å². The number of nitrogens with one attached hydrogen (secondary N) is 1. The van der Waals surface area contributed by atoms with Gasteiger partial charge in [0, 0.05) is 5.57 Å². The second-order valence-electron chi connectivity index (χ2n) is 7.13. The van der Waals surface area contributed by atoms with E-state index in [-0.39, 0.29) is 5.91 Å². The molecule has 1 aliphatic heterocycles. The van der Waals surface area contributed by atoms with Crippen molar-refractivity contribution in [1.82, 2.24) is 5.32 Å². The molecule has 0 saturated carbocycles. The van der Waals surface area contributed by atoms with Crippen molar-refractivity contribution in [3.8, 4) is 0 Å². The lowest BCUT2D eigenvalue weighted by Crippen LogP contribution is -2.45. The van der Waals surface area contributed by atoms with Gasteiger partial charge in [-0.3, -0.25) is 4.79 Å². The van der Waals surface area contributed by atoms with E-state index in [0.29, 0.717) is 11.3 Å². The number of amides is 1. The van der Waals surface area contributed by atoms with Crippen LogP contribution in [0.5, 0.6) is 0 Å². The smallest absolute Gasteiger partial charge is 0.437 e. The second kappa shape index (κ2) is 12.9. The fraction of sp³-hybridized carbons (Fsp3) is 0.214. The predicted octanol–water partition coefficient (Wildman–Crippen LogP) is 6.35. The summed E-state index contributed by atoms with van der Waals surface area (Å²) in [6.45, 7) is 18.9. The summed E-state index contributed by atoms with van der Waals surface area (Å²) >= 11 is 0. The van der Waals surface area contributed by atoms with Crippen LogP contribution in [-0.4, -0.2) is 24.7 Å². The standard InChI is InChI=1S/C28H33NO4/c1-9-14-24-25(15-10-2)28(29-26(24)30,21(7)17-16-20(6)11-3)22(12-4)18-19-23(13-5)33-27(31)32-8/h9-19H,1-3H2,4-8H3,(H,29,30)/b19-18-,20-16-,21-17+,22-12+,23-13+,24-14+,25-15+. The Bertz CT molecular complexity index is 1030. The van der Waals surface area contributed by atoms with Crippen molar-refractivity contribution in [2.45, 2.75) is 33.2 Å². The highest BCUT2D eigenvalue weighted by molar-refractivity contribution is 6.05. The molecule has 0 aromatic carbocycles. The van der Waals surface area contributed by atoms with Crippen LogP contribution < -0.4 is 5.32 Å². The summed E-state index contributed by atoms with van der Waals surface area (Å²) in [5.74, 6) is 0.0748. The van der Waals surface area contributed by atoms with E-state index in [4.69, 9.17) is 4.74 Å². The Morgan fingerprint density at radius 3 is 2.18 bits per heavy atom. The van der Waals surface area contributed by atoms with Gasteiger partial charge < -0.3 is 14.8 Å². The van der Waals surface area contributed by atoms with Crippen LogP contribution in [0.3, 0.4) is 0 Å². The number of hydrogen-bond donors (Lipinski definition) is 1. The van der Waals surface area contributed by atoms with Gasteiger partial charge in [0.25, 0.3) is 5.91 Å². The van der Waals surface area contributed by atoms with E-state index in [9.17, 15) is 9.59 Å². The first kappa shape index (κ1) is 27.2. The van der Waals surface area contributed by atoms with Gasteiger partial charge in [-0.1, -0.05) is 73.9 Å². The third kappa shape index (κ3) is 6.32. The van der Waals surface area contributed by atoms with Gasteiger partial charge in [-0.2, -0.15) is 0 Å².